The van der Waals surface area contributed by atoms with Crippen molar-refractivity contribution >= 4 is 11.9 Å². The molecule has 0 saturated heterocycles. The average Bonchev–Trinajstić information content (AvgIpc) is 2.73. The second kappa shape index (κ2) is 8.03. The molecule has 0 amide bonds. The zero-order chi connectivity index (χ0) is 21.3. The van der Waals surface area contributed by atoms with Crippen molar-refractivity contribution in [2.24, 2.45) is 4.99 Å². The fourth-order valence-corrected chi connectivity index (χ4v) is 3.03. The molecule has 0 aliphatic rings. The van der Waals surface area contributed by atoms with E-state index >= 15 is 0 Å². The number of nitrogens with zero attached hydrogens (tertiary/aromatic N) is 1. The third-order valence-electron chi connectivity index (χ3n) is 4.60. The van der Waals surface area contributed by atoms with E-state index in [-0.39, 0.29) is 17.2 Å². The highest BCUT2D eigenvalue weighted by Gasteiger charge is 2.25. The van der Waals surface area contributed by atoms with Crippen molar-refractivity contribution in [3.05, 3.63) is 93.8 Å². The second-order valence-electron chi connectivity index (χ2n) is 6.60. The number of benzene rings is 3. The maximum Gasteiger partial charge on any atom is 0.200 e. The molecule has 0 radical (unpaired) electrons. The standard InChI is InChI=1S/C22H16F5NO/c1-11-8-14(10-28-21-19(26)17(24)16(23)18(25)20(21)27)22(29)15(9-11)12(2)13-6-4-3-5-7-13/h3-10,12,29H,1-2H3. The van der Waals surface area contributed by atoms with E-state index in [1.165, 1.54) is 6.07 Å². The predicted molar refractivity (Wildman–Crippen MR) is 100 cm³/mol. The fourth-order valence-electron chi connectivity index (χ4n) is 3.03. The van der Waals surface area contributed by atoms with Crippen LogP contribution in [0.2, 0.25) is 0 Å². The van der Waals surface area contributed by atoms with Gasteiger partial charge in [0.25, 0.3) is 0 Å². The van der Waals surface area contributed by atoms with Gasteiger partial charge in [0.2, 0.25) is 5.82 Å². The molecule has 0 aliphatic heterocycles. The summed E-state index contributed by atoms with van der Waals surface area (Å²) in [6.07, 6.45) is 0.877. The van der Waals surface area contributed by atoms with Crippen molar-refractivity contribution in [1.82, 2.24) is 0 Å². The van der Waals surface area contributed by atoms with Gasteiger partial charge in [-0.1, -0.05) is 43.3 Å². The molecule has 3 aromatic carbocycles. The van der Waals surface area contributed by atoms with Crippen molar-refractivity contribution in [2.75, 3.05) is 0 Å². The molecule has 3 aromatic rings. The zero-order valence-electron chi connectivity index (χ0n) is 15.5. The average molecular weight is 405 g/mol. The molecule has 0 heterocycles. The van der Waals surface area contributed by atoms with Crippen LogP contribution in [-0.4, -0.2) is 11.3 Å². The van der Waals surface area contributed by atoms with E-state index in [4.69, 9.17) is 0 Å². The van der Waals surface area contributed by atoms with Gasteiger partial charge in [0, 0.05) is 23.3 Å². The molecule has 0 saturated carbocycles. The van der Waals surface area contributed by atoms with Gasteiger partial charge < -0.3 is 5.11 Å². The number of aliphatic imine (C=N–C) groups is 1. The molecule has 2 nitrogen and oxygen atoms in total. The van der Waals surface area contributed by atoms with E-state index in [1.807, 2.05) is 37.3 Å². The van der Waals surface area contributed by atoms with Crippen LogP contribution in [-0.2, 0) is 0 Å². The van der Waals surface area contributed by atoms with Gasteiger partial charge in [-0.25, -0.2) is 26.9 Å². The molecule has 0 aliphatic carbocycles. The van der Waals surface area contributed by atoms with E-state index in [9.17, 15) is 27.1 Å². The first-order valence-electron chi connectivity index (χ1n) is 8.66. The molecule has 1 N–H and O–H groups in total. The van der Waals surface area contributed by atoms with Crippen LogP contribution in [0.25, 0.3) is 0 Å². The number of hydrogen-bond acceptors (Lipinski definition) is 2. The molecule has 0 spiro atoms. The summed E-state index contributed by atoms with van der Waals surface area (Å²) in [5.74, 6) is -10.9. The lowest BCUT2D eigenvalue weighted by Crippen LogP contribution is -2.01. The van der Waals surface area contributed by atoms with Crippen LogP contribution < -0.4 is 0 Å². The van der Waals surface area contributed by atoms with Gasteiger partial charge in [0.05, 0.1) is 0 Å². The highest BCUT2D eigenvalue weighted by molar-refractivity contribution is 5.86. The molecular formula is C22H16F5NO. The SMILES string of the molecule is Cc1cc(C=Nc2c(F)c(F)c(F)c(F)c2F)c(O)c(C(C)c2ccccc2)c1. The topological polar surface area (TPSA) is 32.6 Å². The summed E-state index contributed by atoms with van der Waals surface area (Å²) in [6, 6.07) is 12.6. The highest BCUT2D eigenvalue weighted by Crippen LogP contribution is 2.35. The van der Waals surface area contributed by atoms with Crippen LogP contribution in [0.3, 0.4) is 0 Å². The van der Waals surface area contributed by atoms with E-state index in [1.54, 1.807) is 13.0 Å². The number of rotatable bonds is 4. The fraction of sp³-hybridized carbons (Fsp3) is 0.136. The molecule has 150 valence electrons. The molecule has 1 atom stereocenters. The van der Waals surface area contributed by atoms with Gasteiger partial charge in [0.1, 0.15) is 11.4 Å². The maximum absolute atomic E-state index is 13.8. The van der Waals surface area contributed by atoms with E-state index in [0.29, 0.717) is 5.56 Å². The lowest BCUT2D eigenvalue weighted by molar-refractivity contribution is 0.381. The Hall–Kier alpha value is -3.22. The monoisotopic (exact) mass is 405 g/mol. The number of phenols is 1. The van der Waals surface area contributed by atoms with E-state index < -0.39 is 34.8 Å². The molecule has 1 unspecified atom stereocenters. The molecule has 0 bridgehead atoms. The normalized spacial score (nSPS) is 12.5. The Kier molecular flexibility index (Phi) is 5.68. The number of halogens is 5. The van der Waals surface area contributed by atoms with Crippen LogP contribution >= 0.6 is 0 Å². The molecule has 7 heteroatoms. The summed E-state index contributed by atoms with van der Waals surface area (Å²) in [6.45, 7) is 3.62. The lowest BCUT2D eigenvalue weighted by atomic mass is 9.90. The van der Waals surface area contributed by atoms with Crippen LogP contribution in [0, 0.1) is 36.0 Å². The van der Waals surface area contributed by atoms with Crippen molar-refractivity contribution in [1.29, 1.82) is 0 Å². The third kappa shape index (κ3) is 3.85. The Morgan fingerprint density at radius 1 is 0.862 bits per heavy atom. The van der Waals surface area contributed by atoms with E-state index in [0.717, 1.165) is 17.3 Å². The molecule has 0 fully saturated rings. The maximum atomic E-state index is 13.8. The minimum atomic E-state index is -2.25. The first-order valence-corrected chi connectivity index (χ1v) is 8.66. The largest absolute Gasteiger partial charge is 0.507 e. The van der Waals surface area contributed by atoms with Gasteiger partial charge >= 0.3 is 0 Å². The smallest absolute Gasteiger partial charge is 0.200 e. The first kappa shape index (κ1) is 20.5. The van der Waals surface area contributed by atoms with Crippen molar-refractivity contribution < 1.29 is 27.1 Å². The summed E-state index contributed by atoms with van der Waals surface area (Å²) in [7, 11) is 0. The summed E-state index contributed by atoms with van der Waals surface area (Å²) < 4.78 is 67.5. The summed E-state index contributed by atoms with van der Waals surface area (Å²) in [5, 5.41) is 10.6. The predicted octanol–water partition coefficient (Wildman–Crippen LogP) is 6.30. The number of hydrogen-bond donors (Lipinski definition) is 1. The number of aromatic hydroxyl groups is 1. The van der Waals surface area contributed by atoms with Crippen molar-refractivity contribution in [3.8, 4) is 5.75 Å². The molecule has 0 aromatic heterocycles. The zero-order valence-corrected chi connectivity index (χ0v) is 15.5. The minimum absolute atomic E-state index is 0.0896. The van der Waals surface area contributed by atoms with Crippen LogP contribution in [0.1, 0.15) is 35.1 Å². The van der Waals surface area contributed by atoms with Crippen LogP contribution in [0.15, 0.2) is 47.5 Å². The summed E-state index contributed by atoms with van der Waals surface area (Å²) in [4.78, 5) is 3.43. The molecule has 29 heavy (non-hydrogen) atoms. The van der Waals surface area contributed by atoms with Crippen LogP contribution in [0.4, 0.5) is 27.6 Å². The van der Waals surface area contributed by atoms with Crippen molar-refractivity contribution in [3.63, 3.8) is 0 Å². The lowest BCUT2D eigenvalue weighted by Gasteiger charge is -2.16. The van der Waals surface area contributed by atoms with E-state index in [2.05, 4.69) is 4.99 Å². The Labute approximate surface area is 164 Å². The van der Waals surface area contributed by atoms with Gasteiger partial charge in [-0.15, -0.1) is 0 Å². The summed E-state index contributed by atoms with van der Waals surface area (Å²) in [5.41, 5.74) is 0.956. The molecular weight excluding hydrogens is 389 g/mol. The Morgan fingerprint density at radius 3 is 2.00 bits per heavy atom. The van der Waals surface area contributed by atoms with Gasteiger partial charge in [-0.2, -0.15) is 0 Å². The van der Waals surface area contributed by atoms with Gasteiger partial charge in [-0.3, -0.25) is 0 Å². The number of aryl methyl sites for hydroxylation is 1. The van der Waals surface area contributed by atoms with Crippen molar-refractivity contribution in [2.45, 2.75) is 19.8 Å². The Balaban J connectivity index is 2.07. The molecule has 3 rings (SSSR count). The van der Waals surface area contributed by atoms with Gasteiger partial charge in [-0.05, 0) is 24.1 Å². The first-order chi connectivity index (χ1) is 13.7. The highest BCUT2D eigenvalue weighted by atomic mass is 19.2. The minimum Gasteiger partial charge on any atom is -0.507 e. The Bertz CT molecular complexity index is 1070. The quantitative estimate of drug-likeness (QED) is 0.235. The number of phenolic OH excluding ortho intramolecular Hbond substituents is 1. The van der Waals surface area contributed by atoms with Gasteiger partial charge in [0.15, 0.2) is 23.3 Å². The Morgan fingerprint density at radius 2 is 1.41 bits per heavy atom. The second-order valence-corrected chi connectivity index (χ2v) is 6.60. The van der Waals surface area contributed by atoms with Crippen LogP contribution in [0.5, 0.6) is 5.75 Å². The third-order valence-corrected chi connectivity index (χ3v) is 4.60. The summed E-state index contributed by atoms with van der Waals surface area (Å²) >= 11 is 0.